The number of hydrogen-bond donors (Lipinski definition) is 0. The molecule has 9 nitrogen and oxygen atoms in total. The average Bonchev–Trinajstić information content (AvgIpc) is 3.53. The summed E-state index contributed by atoms with van der Waals surface area (Å²) in [5.74, 6) is 0.195. The molecule has 0 radical (unpaired) electrons. The van der Waals surface area contributed by atoms with Gasteiger partial charge in [-0.3, -0.25) is 9.36 Å². The van der Waals surface area contributed by atoms with Crippen LogP contribution in [0.15, 0.2) is 72.3 Å². The van der Waals surface area contributed by atoms with E-state index >= 15 is 0 Å². The quantitative estimate of drug-likeness (QED) is 0.147. The normalized spacial score (nSPS) is 17.2. The lowest BCUT2D eigenvalue weighted by molar-refractivity contribution is -0.161. The Morgan fingerprint density at radius 1 is 1.14 bits per heavy atom. The maximum atomic E-state index is 14.3. The molecule has 1 fully saturated rings. The molecule has 1 aliphatic rings. The molecule has 228 valence electrons. The minimum atomic E-state index is -0.667. The molecule has 2 aromatic carbocycles. The minimum Gasteiger partial charge on any atom is -0.464 e. The first-order valence-electron chi connectivity index (χ1n) is 15.5. The predicted octanol–water partition coefficient (Wildman–Crippen LogP) is 5.98. The molecule has 0 spiro atoms. The molecular formula is C35H39N5O4. The van der Waals surface area contributed by atoms with Gasteiger partial charge in [-0.1, -0.05) is 61.9 Å². The first-order chi connectivity index (χ1) is 21.5. The van der Waals surface area contributed by atoms with Crippen molar-refractivity contribution in [2.24, 2.45) is 0 Å². The summed E-state index contributed by atoms with van der Waals surface area (Å²) in [6.07, 6.45) is 7.71. The number of hydrogen-bond acceptors (Lipinski definition) is 7. The van der Waals surface area contributed by atoms with Crippen molar-refractivity contribution < 1.29 is 14.3 Å². The lowest BCUT2D eigenvalue weighted by atomic mass is 9.92. The van der Waals surface area contributed by atoms with Crippen LogP contribution in [-0.2, 0) is 27.1 Å². The molecule has 9 heteroatoms. The number of nitriles is 1. The van der Waals surface area contributed by atoms with Gasteiger partial charge in [0.2, 0.25) is 5.78 Å². The maximum Gasteiger partial charge on any atom is 0.335 e. The van der Waals surface area contributed by atoms with Gasteiger partial charge >= 0.3 is 5.97 Å². The van der Waals surface area contributed by atoms with Crippen molar-refractivity contribution in [2.45, 2.75) is 83.5 Å². The second kappa shape index (κ2) is 14.3. The average molecular weight is 594 g/mol. The van der Waals surface area contributed by atoms with Gasteiger partial charge in [-0.05, 0) is 61.8 Å². The fraction of sp³-hybridized carbons (Fsp3) is 0.400. The van der Waals surface area contributed by atoms with Crippen LogP contribution in [0.4, 0.5) is 0 Å². The standard InChI is InChI=1S/C35H39N5O4/c1-4-9-31-30(21-24-13-15-25(16-14-24)29-12-8-7-11-26(29)22-36)33(41)39(35-37-23-38-40(31)35)27-17-19-28(20-18-27)44-32(10-5-2)34(42)43-6-3/h5,7-8,11-16,23,27-28,32H,2,4,6,9-10,17-21H2,1,3H3/t27-,28-,32?. The third kappa shape index (κ3) is 6.51. The molecule has 4 aromatic rings. The summed E-state index contributed by atoms with van der Waals surface area (Å²) in [7, 11) is 0. The summed E-state index contributed by atoms with van der Waals surface area (Å²) < 4.78 is 15.0. The Bertz CT molecular complexity index is 1710. The molecule has 1 saturated carbocycles. The highest BCUT2D eigenvalue weighted by molar-refractivity contribution is 5.75. The molecule has 2 heterocycles. The zero-order chi connectivity index (χ0) is 31.1. The minimum absolute atomic E-state index is 0.0340. The molecule has 0 amide bonds. The molecule has 0 N–H and O–H groups in total. The Kier molecular flexibility index (Phi) is 10.0. The van der Waals surface area contributed by atoms with E-state index in [9.17, 15) is 14.9 Å². The Labute approximate surface area is 257 Å². The van der Waals surface area contributed by atoms with Gasteiger partial charge in [0.15, 0.2) is 6.10 Å². The van der Waals surface area contributed by atoms with Gasteiger partial charge in [0.25, 0.3) is 5.56 Å². The van der Waals surface area contributed by atoms with Crippen LogP contribution in [0.3, 0.4) is 0 Å². The summed E-state index contributed by atoms with van der Waals surface area (Å²) in [6, 6.07) is 17.8. The van der Waals surface area contributed by atoms with Crippen LogP contribution >= 0.6 is 0 Å². The molecule has 0 bridgehead atoms. The second-order valence-corrected chi connectivity index (χ2v) is 11.2. The first-order valence-corrected chi connectivity index (χ1v) is 15.5. The van der Waals surface area contributed by atoms with E-state index in [1.807, 2.05) is 57.6 Å². The Morgan fingerprint density at radius 3 is 2.57 bits per heavy atom. The lowest BCUT2D eigenvalue weighted by Crippen LogP contribution is -2.37. The van der Waals surface area contributed by atoms with Crippen LogP contribution < -0.4 is 5.56 Å². The Balaban J connectivity index is 1.42. The SMILES string of the molecule is C=CCC(O[C@H]1CC[C@H](n2c(=O)c(Cc3ccc(-c4ccccc4C#N)cc3)c(CCC)n3ncnc32)CC1)C(=O)OCC. The van der Waals surface area contributed by atoms with Gasteiger partial charge in [0.05, 0.1) is 30.0 Å². The highest BCUT2D eigenvalue weighted by Crippen LogP contribution is 2.32. The van der Waals surface area contributed by atoms with E-state index in [0.29, 0.717) is 50.1 Å². The van der Waals surface area contributed by atoms with Gasteiger partial charge in [-0.15, -0.1) is 6.58 Å². The van der Waals surface area contributed by atoms with Crippen LogP contribution in [0.25, 0.3) is 16.9 Å². The number of aromatic nitrogens is 4. The molecular weight excluding hydrogens is 554 g/mol. The van der Waals surface area contributed by atoms with Crippen LogP contribution in [0.1, 0.15) is 80.8 Å². The van der Waals surface area contributed by atoms with E-state index in [-0.39, 0.29) is 23.7 Å². The van der Waals surface area contributed by atoms with E-state index in [1.54, 1.807) is 13.0 Å². The lowest BCUT2D eigenvalue weighted by Gasteiger charge is -2.32. The molecule has 5 rings (SSSR count). The first kappa shape index (κ1) is 30.9. The summed E-state index contributed by atoms with van der Waals surface area (Å²) >= 11 is 0. The van der Waals surface area contributed by atoms with Crippen molar-refractivity contribution in [1.29, 1.82) is 5.26 Å². The number of ether oxygens (including phenoxy) is 2. The van der Waals surface area contributed by atoms with Crippen LogP contribution in [0, 0.1) is 11.3 Å². The van der Waals surface area contributed by atoms with E-state index in [4.69, 9.17) is 9.47 Å². The van der Waals surface area contributed by atoms with Crippen molar-refractivity contribution in [3.8, 4) is 17.2 Å². The molecule has 44 heavy (non-hydrogen) atoms. The maximum absolute atomic E-state index is 14.3. The number of fused-ring (bicyclic) bond motifs is 1. The fourth-order valence-electron chi connectivity index (χ4n) is 6.18. The van der Waals surface area contributed by atoms with Gasteiger partial charge in [0, 0.05) is 24.4 Å². The number of nitrogens with zero attached hydrogens (tertiary/aromatic N) is 5. The molecule has 0 saturated heterocycles. The summed E-state index contributed by atoms with van der Waals surface area (Å²) in [6.45, 7) is 7.93. The number of carbonyl (C=O) groups excluding carboxylic acids is 1. The van der Waals surface area contributed by atoms with Crippen LogP contribution in [0.5, 0.6) is 0 Å². The van der Waals surface area contributed by atoms with Gasteiger partial charge in [-0.25, -0.2) is 9.31 Å². The second-order valence-electron chi connectivity index (χ2n) is 11.2. The van der Waals surface area contributed by atoms with Crippen molar-refractivity contribution in [3.63, 3.8) is 0 Å². The third-order valence-corrected chi connectivity index (χ3v) is 8.30. The van der Waals surface area contributed by atoms with Crippen molar-refractivity contribution >= 4 is 11.7 Å². The van der Waals surface area contributed by atoms with Crippen LogP contribution in [-0.4, -0.2) is 43.9 Å². The smallest absolute Gasteiger partial charge is 0.335 e. The fourth-order valence-corrected chi connectivity index (χ4v) is 6.18. The largest absolute Gasteiger partial charge is 0.464 e. The summed E-state index contributed by atoms with van der Waals surface area (Å²) in [4.78, 5) is 31.2. The molecule has 1 atom stereocenters. The predicted molar refractivity (Wildman–Crippen MR) is 168 cm³/mol. The monoisotopic (exact) mass is 593 g/mol. The zero-order valence-corrected chi connectivity index (χ0v) is 25.4. The van der Waals surface area contributed by atoms with Gasteiger partial charge < -0.3 is 9.47 Å². The Morgan fingerprint density at radius 2 is 1.89 bits per heavy atom. The zero-order valence-electron chi connectivity index (χ0n) is 25.4. The molecule has 2 aromatic heterocycles. The molecule has 1 unspecified atom stereocenters. The number of rotatable bonds is 12. The highest BCUT2D eigenvalue weighted by atomic mass is 16.6. The topological polar surface area (TPSA) is 112 Å². The third-order valence-electron chi connectivity index (χ3n) is 8.30. The Hall–Kier alpha value is -4.55. The number of aryl methyl sites for hydroxylation is 1. The van der Waals surface area contributed by atoms with E-state index in [1.165, 1.54) is 6.33 Å². The van der Waals surface area contributed by atoms with Crippen LogP contribution in [0.2, 0.25) is 0 Å². The van der Waals surface area contributed by atoms with E-state index < -0.39 is 6.10 Å². The van der Waals surface area contributed by atoms with Gasteiger partial charge in [0.1, 0.15) is 6.33 Å². The molecule has 1 aliphatic carbocycles. The van der Waals surface area contributed by atoms with E-state index in [0.717, 1.165) is 47.2 Å². The van der Waals surface area contributed by atoms with E-state index in [2.05, 4.69) is 29.7 Å². The number of esters is 1. The van der Waals surface area contributed by atoms with Crippen molar-refractivity contribution in [2.75, 3.05) is 6.61 Å². The van der Waals surface area contributed by atoms with Crippen molar-refractivity contribution in [1.82, 2.24) is 19.2 Å². The highest BCUT2D eigenvalue weighted by Gasteiger charge is 2.31. The summed E-state index contributed by atoms with van der Waals surface area (Å²) in [5.41, 5.74) is 5.06. The summed E-state index contributed by atoms with van der Waals surface area (Å²) in [5, 5.41) is 14.1. The van der Waals surface area contributed by atoms with Crippen molar-refractivity contribution in [3.05, 3.63) is 100 Å². The number of carbonyl (C=O) groups is 1. The number of benzene rings is 2. The molecule has 0 aliphatic heterocycles. The van der Waals surface area contributed by atoms with Gasteiger partial charge in [-0.2, -0.15) is 15.3 Å².